The van der Waals surface area contributed by atoms with Crippen molar-refractivity contribution in [3.63, 3.8) is 0 Å². The fourth-order valence-electron chi connectivity index (χ4n) is 0.387. The van der Waals surface area contributed by atoms with E-state index in [2.05, 4.69) is 0 Å². The summed E-state index contributed by atoms with van der Waals surface area (Å²) in [4.78, 5) is 0. The van der Waals surface area contributed by atoms with E-state index in [-0.39, 0.29) is 23.9 Å². The second kappa shape index (κ2) is 12.4. The summed E-state index contributed by atoms with van der Waals surface area (Å²) in [6.45, 7) is 2.62. The van der Waals surface area contributed by atoms with Crippen molar-refractivity contribution in [2.45, 2.75) is 0 Å². The van der Waals surface area contributed by atoms with Crippen LogP contribution in [0.2, 0.25) is 0 Å². The topological polar surface area (TPSA) is 27.7 Å². The zero-order valence-electron chi connectivity index (χ0n) is 6.55. The van der Waals surface area contributed by atoms with E-state index in [1.165, 1.54) is 0 Å². The maximum absolute atomic E-state index is 5.06. The van der Waals surface area contributed by atoms with Gasteiger partial charge in [0.15, 0.2) is 0 Å². The van der Waals surface area contributed by atoms with Crippen molar-refractivity contribution in [2.24, 2.45) is 0 Å². The summed E-state index contributed by atoms with van der Waals surface area (Å²) in [7, 11) is 3.30. The predicted octanol–water partition coefficient (Wildman–Crippen LogP) is -0.0850. The van der Waals surface area contributed by atoms with Crippen LogP contribution in [0.5, 0.6) is 0 Å². The summed E-state index contributed by atoms with van der Waals surface area (Å²) in [5.74, 6) is 0. The molecule has 0 rings (SSSR count). The quantitative estimate of drug-likeness (QED) is 0.489. The zero-order chi connectivity index (χ0) is 6.95. The average molecular weight is 253 g/mol. The molecule has 0 amide bonds. The Balaban J connectivity index is 0. The Morgan fingerprint density at radius 2 is 1.20 bits per heavy atom. The maximum atomic E-state index is 5.06. The third-order valence-corrected chi connectivity index (χ3v) is 0.864. The zero-order valence-corrected chi connectivity index (χ0v) is 9.41. The largest absolute Gasteiger partial charge is 0.382 e. The molecule has 0 spiro atoms. The molecule has 0 atom stereocenters. The minimum absolute atomic E-state index is 0. The van der Waals surface area contributed by atoms with Crippen LogP contribution in [-0.2, 0) is 14.2 Å². The molecule has 0 aliphatic carbocycles. The van der Waals surface area contributed by atoms with Gasteiger partial charge in [0, 0.05) is 38.1 Å². The van der Waals surface area contributed by atoms with Gasteiger partial charge in [-0.1, -0.05) is 0 Å². The molecular formula is C6H14O3Sn. The van der Waals surface area contributed by atoms with Crippen LogP contribution in [0.3, 0.4) is 0 Å². The van der Waals surface area contributed by atoms with Crippen molar-refractivity contribution in [2.75, 3.05) is 40.6 Å². The second-order valence-corrected chi connectivity index (χ2v) is 1.60. The van der Waals surface area contributed by atoms with E-state index in [9.17, 15) is 0 Å². The second-order valence-electron chi connectivity index (χ2n) is 1.60. The molecule has 4 heteroatoms. The molecule has 0 bridgehead atoms. The van der Waals surface area contributed by atoms with E-state index in [0.29, 0.717) is 26.4 Å². The molecule has 3 nitrogen and oxygen atoms in total. The maximum Gasteiger partial charge on any atom is 0.0701 e. The molecule has 0 aromatic carbocycles. The summed E-state index contributed by atoms with van der Waals surface area (Å²) in [6.07, 6.45) is 0. The number of methoxy groups -OCH3 is 2. The van der Waals surface area contributed by atoms with Gasteiger partial charge in [-0.25, -0.2) is 0 Å². The molecule has 0 saturated carbocycles. The summed E-state index contributed by atoms with van der Waals surface area (Å²) in [5, 5.41) is 0. The van der Waals surface area contributed by atoms with Gasteiger partial charge in [0.2, 0.25) is 0 Å². The number of hydrogen-bond acceptors (Lipinski definition) is 3. The summed E-state index contributed by atoms with van der Waals surface area (Å²) in [5.41, 5.74) is 0. The van der Waals surface area contributed by atoms with Crippen LogP contribution in [-0.4, -0.2) is 64.6 Å². The van der Waals surface area contributed by atoms with E-state index >= 15 is 0 Å². The van der Waals surface area contributed by atoms with Crippen LogP contribution in [0.15, 0.2) is 0 Å². The minimum Gasteiger partial charge on any atom is -0.382 e. The van der Waals surface area contributed by atoms with Crippen molar-refractivity contribution >= 4 is 23.9 Å². The van der Waals surface area contributed by atoms with Gasteiger partial charge in [0.05, 0.1) is 26.4 Å². The fraction of sp³-hybridized carbons (Fsp3) is 1.00. The van der Waals surface area contributed by atoms with E-state index in [4.69, 9.17) is 14.2 Å². The Morgan fingerprint density at radius 3 is 1.50 bits per heavy atom. The SMILES string of the molecule is COCCOCCOC.[Sn]. The van der Waals surface area contributed by atoms with E-state index < -0.39 is 0 Å². The summed E-state index contributed by atoms with van der Waals surface area (Å²) in [6, 6.07) is 0. The number of rotatable bonds is 6. The van der Waals surface area contributed by atoms with Gasteiger partial charge in [-0.3, -0.25) is 0 Å². The van der Waals surface area contributed by atoms with Gasteiger partial charge >= 0.3 is 0 Å². The van der Waals surface area contributed by atoms with Gasteiger partial charge in [-0.15, -0.1) is 0 Å². The molecular weight excluding hydrogens is 239 g/mol. The van der Waals surface area contributed by atoms with Gasteiger partial charge in [0.1, 0.15) is 0 Å². The molecule has 0 heterocycles. The standard InChI is InChI=1S/C6H14O3.Sn/c1-7-3-5-9-6-4-8-2;/h3-6H2,1-2H3;. The molecule has 4 radical (unpaired) electrons. The molecule has 0 aliphatic heterocycles. The number of ether oxygens (including phenoxy) is 3. The first-order valence-corrected chi connectivity index (χ1v) is 2.97. The molecule has 0 unspecified atom stereocenters. The molecule has 0 saturated heterocycles. The normalized spacial score (nSPS) is 9.00. The minimum atomic E-state index is 0. The van der Waals surface area contributed by atoms with E-state index in [0.717, 1.165) is 0 Å². The van der Waals surface area contributed by atoms with Crippen molar-refractivity contribution in [3.8, 4) is 0 Å². The Kier molecular flexibility index (Phi) is 16.4. The predicted molar refractivity (Wildman–Crippen MR) is 40.3 cm³/mol. The van der Waals surface area contributed by atoms with Crippen molar-refractivity contribution in [3.05, 3.63) is 0 Å². The third kappa shape index (κ3) is 11.5. The first-order chi connectivity index (χ1) is 4.41. The number of hydrogen-bond donors (Lipinski definition) is 0. The van der Waals surface area contributed by atoms with Crippen molar-refractivity contribution in [1.29, 1.82) is 0 Å². The molecule has 0 fully saturated rings. The molecule has 0 aliphatic rings. The van der Waals surface area contributed by atoms with Crippen molar-refractivity contribution in [1.82, 2.24) is 0 Å². The van der Waals surface area contributed by atoms with Gasteiger partial charge < -0.3 is 14.2 Å². The first kappa shape index (κ1) is 13.3. The van der Waals surface area contributed by atoms with Crippen LogP contribution in [0, 0.1) is 0 Å². The van der Waals surface area contributed by atoms with Crippen LogP contribution < -0.4 is 0 Å². The summed E-state index contributed by atoms with van der Waals surface area (Å²) >= 11 is 0. The van der Waals surface area contributed by atoms with Crippen LogP contribution in [0.25, 0.3) is 0 Å². The monoisotopic (exact) mass is 254 g/mol. The van der Waals surface area contributed by atoms with Gasteiger partial charge in [-0.05, 0) is 0 Å². The Labute approximate surface area is 79.0 Å². The Hall–Kier alpha value is 0.679. The molecule has 0 aromatic heterocycles. The third-order valence-electron chi connectivity index (χ3n) is 0.864. The van der Waals surface area contributed by atoms with Crippen LogP contribution in [0.1, 0.15) is 0 Å². The Bertz CT molecular complexity index is 46.3. The van der Waals surface area contributed by atoms with Gasteiger partial charge in [-0.2, -0.15) is 0 Å². The van der Waals surface area contributed by atoms with Crippen molar-refractivity contribution < 1.29 is 14.2 Å². The van der Waals surface area contributed by atoms with Gasteiger partial charge in [0.25, 0.3) is 0 Å². The van der Waals surface area contributed by atoms with E-state index in [1.807, 2.05) is 0 Å². The fourth-order valence-corrected chi connectivity index (χ4v) is 0.387. The molecule has 10 heavy (non-hydrogen) atoms. The smallest absolute Gasteiger partial charge is 0.0701 e. The van der Waals surface area contributed by atoms with Crippen LogP contribution in [0.4, 0.5) is 0 Å². The molecule has 0 aromatic rings. The molecule has 60 valence electrons. The van der Waals surface area contributed by atoms with E-state index in [1.54, 1.807) is 14.2 Å². The first-order valence-electron chi connectivity index (χ1n) is 2.97. The average Bonchev–Trinajstić information content (AvgIpc) is 1.89. The summed E-state index contributed by atoms with van der Waals surface area (Å²) < 4.78 is 14.6. The van der Waals surface area contributed by atoms with Crippen LogP contribution >= 0.6 is 0 Å². The Morgan fingerprint density at radius 1 is 0.800 bits per heavy atom. The molecule has 0 N–H and O–H groups in total.